The Morgan fingerprint density at radius 3 is 2.29 bits per heavy atom. The van der Waals surface area contributed by atoms with E-state index in [2.05, 4.69) is 10.5 Å². The smallest absolute Gasteiger partial charge is 0.271 e. The molecule has 3 aromatic carbocycles. The molecule has 3 aromatic rings. The predicted molar refractivity (Wildman–Crippen MR) is 142 cm³/mol. The van der Waals surface area contributed by atoms with Gasteiger partial charge in [-0.1, -0.05) is 29.8 Å². The van der Waals surface area contributed by atoms with Gasteiger partial charge >= 0.3 is 0 Å². The van der Waals surface area contributed by atoms with Gasteiger partial charge in [-0.25, -0.2) is 13.8 Å². The average Bonchev–Trinajstić information content (AvgIpc) is 2.81. The number of hydrazone groups is 1. The summed E-state index contributed by atoms with van der Waals surface area (Å²) in [6.07, 6.45) is 3.02. The van der Waals surface area contributed by atoms with Crippen LogP contribution in [0.25, 0.3) is 0 Å². The van der Waals surface area contributed by atoms with Crippen molar-refractivity contribution >= 4 is 39.6 Å². The summed E-state index contributed by atoms with van der Waals surface area (Å²) in [5.41, 5.74) is 6.16. The van der Waals surface area contributed by atoms with Crippen LogP contribution in [-0.4, -0.2) is 44.4 Å². The number of anilines is 1. The molecule has 0 atom stereocenters. The SMILES string of the molecule is Cc1ccc(CN(c2ccc(C(=O)N/N=C\c3ccc(OC4CSC4)cc3)cc2)S(C)(=O)=O)cc1. The number of sulfonamides is 1. The van der Waals surface area contributed by atoms with Crippen LogP contribution in [0.15, 0.2) is 77.9 Å². The minimum Gasteiger partial charge on any atom is -0.489 e. The first-order valence-corrected chi connectivity index (χ1v) is 14.1. The number of ether oxygens (including phenoxy) is 1. The molecular weight excluding hydrogens is 482 g/mol. The maximum absolute atomic E-state index is 12.5. The Bertz CT molecular complexity index is 1290. The van der Waals surface area contributed by atoms with Gasteiger partial charge in [0.1, 0.15) is 11.9 Å². The molecule has 1 N–H and O–H groups in total. The lowest BCUT2D eigenvalue weighted by atomic mass is 10.1. The zero-order valence-corrected chi connectivity index (χ0v) is 21.2. The second kappa shape index (κ2) is 11.0. The van der Waals surface area contributed by atoms with Crippen molar-refractivity contribution in [3.8, 4) is 5.75 Å². The van der Waals surface area contributed by atoms with Gasteiger partial charge in [0.15, 0.2) is 0 Å². The number of carbonyl (C=O) groups excluding carboxylic acids is 1. The lowest BCUT2D eigenvalue weighted by Crippen LogP contribution is -2.30. The topological polar surface area (TPSA) is 88.1 Å². The molecule has 9 heteroatoms. The summed E-state index contributed by atoms with van der Waals surface area (Å²) in [6.45, 7) is 2.19. The number of carbonyl (C=O) groups is 1. The molecule has 7 nitrogen and oxygen atoms in total. The summed E-state index contributed by atoms with van der Waals surface area (Å²) in [4.78, 5) is 12.5. The van der Waals surface area contributed by atoms with E-state index in [9.17, 15) is 13.2 Å². The Labute approximate surface area is 210 Å². The van der Waals surface area contributed by atoms with E-state index in [4.69, 9.17) is 4.74 Å². The molecule has 1 aliphatic rings. The van der Waals surface area contributed by atoms with Crippen molar-refractivity contribution in [2.75, 3.05) is 22.1 Å². The zero-order chi connectivity index (χ0) is 24.8. The standard InChI is InChI=1S/C26H27N3O4S2/c1-19-3-5-21(6-4-19)16-29(35(2,31)32)23-11-9-22(10-12-23)26(30)28-27-15-20-7-13-24(14-8-20)33-25-17-34-18-25/h3-15,25H,16-18H2,1-2H3,(H,28,30)/b27-15-. The quantitative estimate of drug-likeness (QED) is 0.345. The Morgan fingerprint density at radius 2 is 1.71 bits per heavy atom. The van der Waals surface area contributed by atoms with Crippen LogP contribution < -0.4 is 14.5 Å². The van der Waals surface area contributed by atoms with Crippen LogP contribution in [0.3, 0.4) is 0 Å². The number of nitrogens with one attached hydrogen (secondary N) is 1. The lowest BCUT2D eigenvalue weighted by Gasteiger charge is -2.25. The number of aryl methyl sites for hydroxylation is 1. The van der Waals surface area contributed by atoms with Gasteiger partial charge in [-0.15, -0.1) is 0 Å². The van der Waals surface area contributed by atoms with Gasteiger partial charge in [0, 0.05) is 17.1 Å². The van der Waals surface area contributed by atoms with Crippen molar-refractivity contribution in [1.29, 1.82) is 0 Å². The summed E-state index contributed by atoms with van der Waals surface area (Å²) in [5.74, 6) is 2.48. The Hall–Kier alpha value is -3.30. The van der Waals surface area contributed by atoms with Crippen LogP contribution in [0.4, 0.5) is 5.69 Å². The highest BCUT2D eigenvalue weighted by molar-refractivity contribution is 8.00. The molecule has 1 saturated heterocycles. The highest BCUT2D eigenvalue weighted by atomic mass is 32.2. The molecule has 182 valence electrons. The van der Waals surface area contributed by atoms with Crippen LogP contribution >= 0.6 is 11.8 Å². The first-order chi connectivity index (χ1) is 16.8. The monoisotopic (exact) mass is 509 g/mol. The molecule has 0 aliphatic carbocycles. The fraction of sp³-hybridized carbons (Fsp3) is 0.231. The Morgan fingerprint density at radius 1 is 1.06 bits per heavy atom. The summed E-state index contributed by atoms with van der Waals surface area (Å²) >= 11 is 1.87. The van der Waals surface area contributed by atoms with E-state index in [-0.39, 0.29) is 18.6 Å². The zero-order valence-electron chi connectivity index (χ0n) is 19.5. The predicted octanol–water partition coefficient (Wildman–Crippen LogP) is 4.22. The number of hydrogen-bond donors (Lipinski definition) is 1. The molecule has 1 heterocycles. The van der Waals surface area contributed by atoms with Crippen LogP contribution in [0.1, 0.15) is 27.0 Å². The maximum Gasteiger partial charge on any atom is 0.271 e. The number of benzene rings is 3. The van der Waals surface area contributed by atoms with E-state index in [0.717, 1.165) is 33.9 Å². The van der Waals surface area contributed by atoms with E-state index < -0.39 is 10.0 Å². The fourth-order valence-corrected chi connectivity index (χ4v) is 4.83. The third-order valence-corrected chi connectivity index (χ3v) is 7.79. The molecular formula is C26H27N3O4S2. The molecule has 35 heavy (non-hydrogen) atoms. The third kappa shape index (κ3) is 6.86. The van der Waals surface area contributed by atoms with E-state index in [1.165, 1.54) is 10.6 Å². The summed E-state index contributed by atoms with van der Waals surface area (Å²) in [6, 6.07) is 21.6. The molecule has 0 bridgehead atoms. The normalized spacial score (nSPS) is 13.9. The van der Waals surface area contributed by atoms with Gasteiger partial charge in [0.25, 0.3) is 5.91 Å². The number of rotatable bonds is 9. The maximum atomic E-state index is 12.5. The fourth-order valence-electron chi connectivity index (χ4n) is 3.38. The van der Waals surface area contributed by atoms with Gasteiger partial charge in [-0.05, 0) is 66.6 Å². The van der Waals surface area contributed by atoms with Crippen LogP contribution in [0, 0.1) is 6.92 Å². The molecule has 1 aliphatic heterocycles. The number of hydrogen-bond acceptors (Lipinski definition) is 6. The van der Waals surface area contributed by atoms with Gasteiger partial charge in [0.05, 0.1) is 24.7 Å². The number of thioether (sulfide) groups is 1. The Kier molecular flexibility index (Phi) is 7.77. The van der Waals surface area contributed by atoms with Gasteiger partial charge in [0.2, 0.25) is 10.0 Å². The Balaban J connectivity index is 1.36. The van der Waals surface area contributed by atoms with Gasteiger partial charge in [-0.2, -0.15) is 16.9 Å². The molecule has 0 radical (unpaired) electrons. The molecule has 0 spiro atoms. The second-order valence-corrected chi connectivity index (χ2v) is 11.3. The highest BCUT2D eigenvalue weighted by Crippen LogP contribution is 2.24. The van der Waals surface area contributed by atoms with Crippen molar-refractivity contribution in [1.82, 2.24) is 5.43 Å². The first kappa shape index (κ1) is 24.8. The van der Waals surface area contributed by atoms with Crippen molar-refractivity contribution in [2.24, 2.45) is 5.10 Å². The molecule has 0 aromatic heterocycles. The molecule has 1 amide bonds. The average molecular weight is 510 g/mol. The van der Waals surface area contributed by atoms with Crippen LogP contribution in [0.2, 0.25) is 0 Å². The minimum atomic E-state index is -3.51. The van der Waals surface area contributed by atoms with Crippen molar-refractivity contribution in [2.45, 2.75) is 19.6 Å². The first-order valence-electron chi connectivity index (χ1n) is 11.1. The molecule has 4 rings (SSSR count). The van der Waals surface area contributed by atoms with E-state index in [0.29, 0.717) is 11.3 Å². The van der Waals surface area contributed by atoms with Crippen molar-refractivity contribution in [3.05, 3.63) is 95.1 Å². The number of amides is 1. The number of nitrogens with zero attached hydrogens (tertiary/aromatic N) is 2. The van der Waals surface area contributed by atoms with Crippen LogP contribution in [0.5, 0.6) is 5.75 Å². The van der Waals surface area contributed by atoms with E-state index in [1.807, 2.05) is 67.2 Å². The van der Waals surface area contributed by atoms with Gasteiger partial charge in [-0.3, -0.25) is 9.10 Å². The second-order valence-electron chi connectivity index (χ2n) is 8.35. The van der Waals surface area contributed by atoms with Gasteiger partial charge < -0.3 is 4.74 Å². The lowest BCUT2D eigenvalue weighted by molar-refractivity contribution is 0.0955. The third-order valence-electron chi connectivity index (χ3n) is 5.43. The minimum absolute atomic E-state index is 0.207. The van der Waals surface area contributed by atoms with E-state index >= 15 is 0 Å². The van der Waals surface area contributed by atoms with Crippen LogP contribution in [-0.2, 0) is 16.6 Å². The molecule has 0 saturated carbocycles. The van der Waals surface area contributed by atoms with E-state index in [1.54, 1.807) is 30.5 Å². The molecule has 0 unspecified atom stereocenters. The summed E-state index contributed by atoms with van der Waals surface area (Å²) < 4.78 is 31.9. The summed E-state index contributed by atoms with van der Waals surface area (Å²) in [7, 11) is -3.51. The summed E-state index contributed by atoms with van der Waals surface area (Å²) in [5, 5.41) is 4.02. The van der Waals surface area contributed by atoms with Crippen molar-refractivity contribution < 1.29 is 17.9 Å². The highest BCUT2D eigenvalue weighted by Gasteiger charge is 2.20. The van der Waals surface area contributed by atoms with Crippen molar-refractivity contribution in [3.63, 3.8) is 0 Å². The largest absolute Gasteiger partial charge is 0.489 e. The molecule has 1 fully saturated rings.